The molecule has 0 heterocycles. The van der Waals surface area contributed by atoms with Gasteiger partial charge in [0.05, 0.1) is 0 Å². The van der Waals surface area contributed by atoms with Crippen LogP contribution in [0.25, 0.3) is 0 Å². The van der Waals surface area contributed by atoms with Gasteiger partial charge in [0.15, 0.2) is 11.6 Å². The lowest BCUT2D eigenvalue weighted by Crippen LogP contribution is -2.42. The van der Waals surface area contributed by atoms with Crippen molar-refractivity contribution in [3.63, 3.8) is 0 Å². The van der Waals surface area contributed by atoms with Gasteiger partial charge in [0.1, 0.15) is 0 Å². The Morgan fingerprint density at radius 2 is 1.71 bits per heavy atom. The summed E-state index contributed by atoms with van der Waals surface area (Å²) >= 11 is 0. The van der Waals surface area contributed by atoms with E-state index >= 15 is 0 Å². The van der Waals surface area contributed by atoms with Crippen LogP contribution in [0.2, 0.25) is 0 Å². The number of hydrogen-bond donors (Lipinski definition) is 1. The second-order valence-corrected chi connectivity index (χ2v) is 6.07. The highest BCUT2D eigenvalue weighted by molar-refractivity contribution is 5.22. The predicted molar refractivity (Wildman–Crippen MR) is 84.1 cm³/mol. The van der Waals surface area contributed by atoms with Crippen molar-refractivity contribution >= 4 is 0 Å². The first kappa shape index (κ1) is 18.1. The molecule has 120 valence electrons. The van der Waals surface area contributed by atoms with E-state index in [2.05, 4.69) is 32.6 Å². The van der Waals surface area contributed by atoms with Gasteiger partial charge in [0.25, 0.3) is 0 Å². The van der Waals surface area contributed by atoms with Gasteiger partial charge in [-0.05, 0) is 24.8 Å². The van der Waals surface area contributed by atoms with Crippen molar-refractivity contribution in [1.29, 1.82) is 0 Å². The van der Waals surface area contributed by atoms with Crippen LogP contribution in [0.4, 0.5) is 8.78 Å². The van der Waals surface area contributed by atoms with Crippen LogP contribution in [0.5, 0.6) is 0 Å². The normalized spacial score (nSPS) is 13.4. The van der Waals surface area contributed by atoms with Gasteiger partial charge in [-0.2, -0.15) is 0 Å². The summed E-state index contributed by atoms with van der Waals surface area (Å²) < 4.78 is 27.2. The van der Waals surface area contributed by atoms with Gasteiger partial charge in [-0.3, -0.25) is 4.90 Å². The standard InChI is InChI=1S/C17H28F2N2/c1-5-13(6-2)21(10-12(3)4)11-16(20)14-8-7-9-15(18)17(14)19/h7-9,12-13,16H,5-6,10-11,20H2,1-4H3. The SMILES string of the molecule is CCC(CC)N(CC(C)C)CC(N)c1cccc(F)c1F. The lowest BCUT2D eigenvalue weighted by atomic mass is 10.0. The molecule has 0 radical (unpaired) electrons. The summed E-state index contributed by atoms with van der Waals surface area (Å²) in [4.78, 5) is 2.31. The number of nitrogens with zero attached hydrogens (tertiary/aromatic N) is 1. The Labute approximate surface area is 127 Å². The van der Waals surface area contributed by atoms with Crippen molar-refractivity contribution in [2.75, 3.05) is 13.1 Å². The third-order valence-corrected chi connectivity index (χ3v) is 3.87. The van der Waals surface area contributed by atoms with E-state index in [4.69, 9.17) is 5.73 Å². The zero-order valence-corrected chi connectivity index (χ0v) is 13.6. The van der Waals surface area contributed by atoms with Crippen molar-refractivity contribution in [2.45, 2.75) is 52.6 Å². The molecule has 0 spiro atoms. The van der Waals surface area contributed by atoms with E-state index < -0.39 is 17.7 Å². The topological polar surface area (TPSA) is 29.3 Å². The van der Waals surface area contributed by atoms with Gasteiger partial charge in [-0.1, -0.05) is 39.8 Å². The van der Waals surface area contributed by atoms with Crippen LogP contribution in [0.1, 0.15) is 52.1 Å². The monoisotopic (exact) mass is 298 g/mol. The van der Waals surface area contributed by atoms with E-state index in [1.807, 2.05) is 0 Å². The molecule has 0 saturated heterocycles. The van der Waals surface area contributed by atoms with Crippen LogP contribution in [-0.4, -0.2) is 24.0 Å². The van der Waals surface area contributed by atoms with Crippen molar-refractivity contribution in [1.82, 2.24) is 4.90 Å². The van der Waals surface area contributed by atoms with E-state index in [-0.39, 0.29) is 5.56 Å². The number of hydrogen-bond acceptors (Lipinski definition) is 2. The van der Waals surface area contributed by atoms with Crippen molar-refractivity contribution < 1.29 is 8.78 Å². The van der Waals surface area contributed by atoms with Crippen LogP contribution in [-0.2, 0) is 0 Å². The van der Waals surface area contributed by atoms with Crippen LogP contribution in [0.15, 0.2) is 18.2 Å². The van der Waals surface area contributed by atoms with Gasteiger partial charge < -0.3 is 5.73 Å². The van der Waals surface area contributed by atoms with E-state index in [0.29, 0.717) is 18.5 Å². The number of halogens is 2. The Bertz CT molecular complexity index is 431. The largest absolute Gasteiger partial charge is 0.323 e. The van der Waals surface area contributed by atoms with Crippen molar-refractivity contribution in [3.05, 3.63) is 35.4 Å². The predicted octanol–water partition coefficient (Wildman–Crippen LogP) is 4.11. The molecule has 4 heteroatoms. The average molecular weight is 298 g/mol. The molecule has 21 heavy (non-hydrogen) atoms. The van der Waals surface area contributed by atoms with E-state index in [1.54, 1.807) is 6.07 Å². The minimum Gasteiger partial charge on any atom is -0.323 e. The summed E-state index contributed by atoms with van der Waals surface area (Å²) in [5, 5.41) is 0. The molecule has 2 nitrogen and oxygen atoms in total. The second kappa shape index (κ2) is 8.44. The Morgan fingerprint density at radius 3 is 2.24 bits per heavy atom. The van der Waals surface area contributed by atoms with Crippen LogP contribution < -0.4 is 5.73 Å². The molecule has 0 fully saturated rings. The van der Waals surface area contributed by atoms with E-state index in [9.17, 15) is 8.78 Å². The summed E-state index contributed by atoms with van der Waals surface area (Å²) in [6.45, 7) is 10.1. The minimum absolute atomic E-state index is 0.259. The van der Waals surface area contributed by atoms with Crippen molar-refractivity contribution in [3.8, 4) is 0 Å². The smallest absolute Gasteiger partial charge is 0.163 e. The average Bonchev–Trinajstić information content (AvgIpc) is 2.42. The third kappa shape index (κ3) is 5.04. The molecule has 1 unspecified atom stereocenters. The Balaban J connectivity index is 2.88. The molecule has 0 amide bonds. The fourth-order valence-electron chi connectivity index (χ4n) is 2.80. The second-order valence-electron chi connectivity index (χ2n) is 6.07. The van der Waals surface area contributed by atoms with E-state index in [0.717, 1.165) is 25.5 Å². The van der Waals surface area contributed by atoms with Gasteiger partial charge in [0, 0.05) is 30.7 Å². The molecule has 1 rings (SSSR count). The molecular formula is C17H28F2N2. The van der Waals surface area contributed by atoms with E-state index in [1.165, 1.54) is 6.07 Å². The quantitative estimate of drug-likeness (QED) is 0.782. The minimum atomic E-state index is -0.833. The molecule has 2 N–H and O–H groups in total. The Hall–Kier alpha value is -1.00. The zero-order valence-electron chi connectivity index (χ0n) is 13.6. The summed E-state index contributed by atoms with van der Waals surface area (Å²) in [6, 6.07) is 4.12. The molecule has 0 aliphatic heterocycles. The first-order valence-corrected chi connectivity index (χ1v) is 7.84. The molecule has 1 aromatic rings. The highest BCUT2D eigenvalue weighted by atomic mass is 19.2. The fraction of sp³-hybridized carbons (Fsp3) is 0.647. The Morgan fingerprint density at radius 1 is 1.10 bits per heavy atom. The first-order valence-electron chi connectivity index (χ1n) is 7.84. The summed E-state index contributed by atoms with van der Waals surface area (Å²) in [5.74, 6) is -1.14. The molecule has 0 saturated carbocycles. The van der Waals surface area contributed by atoms with Gasteiger partial charge in [-0.15, -0.1) is 0 Å². The highest BCUT2D eigenvalue weighted by Crippen LogP contribution is 2.21. The fourth-order valence-corrected chi connectivity index (χ4v) is 2.80. The lowest BCUT2D eigenvalue weighted by Gasteiger charge is -2.34. The third-order valence-electron chi connectivity index (χ3n) is 3.87. The maximum Gasteiger partial charge on any atom is 0.163 e. The van der Waals surface area contributed by atoms with Crippen molar-refractivity contribution in [2.24, 2.45) is 11.7 Å². The molecule has 1 atom stereocenters. The number of rotatable bonds is 8. The molecule has 0 aliphatic rings. The molecule has 0 aliphatic carbocycles. The summed E-state index contributed by atoms with van der Waals surface area (Å²) in [5.41, 5.74) is 6.40. The maximum absolute atomic E-state index is 13.9. The van der Waals surface area contributed by atoms with Crippen LogP contribution in [0.3, 0.4) is 0 Å². The molecule has 1 aromatic carbocycles. The van der Waals surface area contributed by atoms with Crippen LogP contribution in [0, 0.1) is 17.6 Å². The highest BCUT2D eigenvalue weighted by Gasteiger charge is 2.22. The molecule has 0 bridgehead atoms. The maximum atomic E-state index is 13.9. The van der Waals surface area contributed by atoms with Crippen LogP contribution >= 0.6 is 0 Å². The number of nitrogens with two attached hydrogens (primary N) is 1. The zero-order chi connectivity index (χ0) is 16.0. The lowest BCUT2D eigenvalue weighted by molar-refractivity contribution is 0.155. The molecular weight excluding hydrogens is 270 g/mol. The Kier molecular flexibility index (Phi) is 7.26. The van der Waals surface area contributed by atoms with Gasteiger partial charge in [0.2, 0.25) is 0 Å². The van der Waals surface area contributed by atoms with Gasteiger partial charge >= 0.3 is 0 Å². The molecule has 0 aromatic heterocycles. The summed E-state index contributed by atoms with van der Waals surface area (Å²) in [7, 11) is 0. The number of benzene rings is 1. The van der Waals surface area contributed by atoms with Gasteiger partial charge in [-0.25, -0.2) is 8.78 Å². The summed E-state index contributed by atoms with van der Waals surface area (Å²) in [6.07, 6.45) is 2.06. The first-order chi connectivity index (χ1) is 9.90.